The minimum absolute atomic E-state index is 0.284. The van der Waals surface area contributed by atoms with Crippen LogP contribution in [0.3, 0.4) is 0 Å². The van der Waals surface area contributed by atoms with Crippen molar-refractivity contribution in [1.82, 2.24) is 9.97 Å². The number of nitrogens with zero attached hydrogens (tertiary/aromatic N) is 2. The normalized spacial score (nSPS) is 10.3. The van der Waals surface area contributed by atoms with Crippen molar-refractivity contribution in [2.75, 3.05) is 17.2 Å². The van der Waals surface area contributed by atoms with Crippen LogP contribution in [0.2, 0.25) is 5.02 Å². The van der Waals surface area contributed by atoms with Crippen molar-refractivity contribution in [3.05, 3.63) is 71.0 Å². The summed E-state index contributed by atoms with van der Waals surface area (Å²) in [7, 11) is 0. The van der Waals surface area contributed by atoms with E-state index in [1.54, 1.807) is 18.2 Å². The first-order valence-corrected chi connectivity index (χ1v) is 8.82. The summed E-state index contributed by atoms with van der Waals surface area (Å²) in [5.74, 6) is 0.917. The molecule has 138 valence electrons. The lowest BCUT2D eigenvalue weighted by atomic mass is 10.2. The van der Waals surface area contributed by atoms with Crippen molar-refractivity contribution in [2.45, 2.75) is 13.8 Å². The Morgan fingerprint density at radius 1 is 1.11 bits per heavy atom. The van der Waals surface area contributed by atoms with Crippen molar-refractivity contribution in [3.8, 4) is 5.75 Å². The average Bonchev–Trinajstić information content (AvgIpc) is 2.66. The van der Waals surface area contributed by atoms with Crippen LogP contribution in [0.15, 0.2) is 54.9 Å². The maximum Gasteiger partial charge on any atom is 0.258 e. The molecule has 7 heteroatoms. The van der Waals surface area contributed by atoms with Crippen molar-refractivity contribution < 1.29 is 9.53 Å². The van der Waals surface area contributed by atoms with Gasteiger partial charge in [0.15, 0.2) is 0 Å². The summed E-state index contributed by atoms with van der Waals surface area (Å²) in [6.07, 6.45) is 2.95. The molecule has 1 aromatic heterocycles. The van der Waals surface area contributed by atoms with E-state index in [9.17, 15) is 4.79 Å². The minimum atomic E-state index is -0.284. The Morgan fingerprint density at radius 2 is 1.81 bits per heavy atom. The molecule has 0 saturated heterocycles. The third kappa shape index (κ3) is 4.95. The molecule has 0 aliphatic heterocycles. The van der Waals surface area contributed by atoms with Crippen LogP contribution in [0.4, 0.5) is 17.3 Å². The molecule has 0 fully saturated rings. The molecule has 0 unspecified atom stereocenters. The molecule has 3 rings (SSSR count). The largest absolute Gasteiger partial charge is 0.494 e. The molecule has 2 aromatic carbocycles. The third-order valence-corrected chi connectivity index (χ3v) is 4.01. The maximum atomic E-state index is 12.4. The highest BCUT2D eigenvalue weighted by Crippen LogP contribution is 2.21. The third-order valence-electron chi connectivity index (χ3n) is 3.77. The number of carbonyl (C=O) groups excluding carboxylic acids is 1. The van der Waals surface area contributed by atoms with Crippen LogP contribution < -0.4 is 15.4 Å². The van der Waals surface area contributed by atoms with Crippen LogP contribution >= 0.6 is 11.6 Å². The highest BCUT2D eigenvalue weighted by atomic mass is 35.5. The van der Waals surface area contributed by atoms with Gasteiger partial charge in [-0.3, -0.25) is 4.79 Å². The molecule has 0 aliphatic carbocycles. The Hall–Kier alpha value is -3.12. The number of rotatable bonds is 6. The Balaban J connectivity index is 1.64. The van der Waals surface area contributed by atoms with Gasteiger partial charge < -0.3 is 15.4 Å². The maximum absolute atomic E-state index is 12.4. The molecule has 0 bridgehead atoms. The number of hydrogen-bond donors (Lipinski definition) is 2. The van der Waals surface area contributed by atoms with Crippen LogP contribution in [0, 0.1) is 6.92 Å². The monoisotopic (exact) mass is 382 g/mol. The van der Waals surface area contributed by atoms with E-state index in [1.165, 1.54) is 12.4 Å². The standard InChI is InChI=1S/C20H19ClN4O2/c1-3-27-17-7-5-16(6-8-17)24-20-22-11-14(12-23-20)19(26)25-18-9-4-15(21)10-13(18)2/h4-12H,3H2,1-2H3,(H,25,26)(H,22,23,24). The summed E-state index contributed by atoms with van der Waals surface area (Å²) in [5, 5.41) is 6.53. The second kappa shape index (κ2) is 8.51. The molecule has 0 saturated carbocycles. The van der Waals surface area contributed by atoms with E-state index in [2.05, 4.69) is 20.6 Å². The lowest BCUT2D eigenvalue weighted by Crippen LogP contribution is -2.13. The van der Waals surface area contributed by atoms with E-state index < -0.39 is 0 Å². The van der Waals surface area contributed by atoms with Gasteiger partial charge in [-0.2, -0.15) is 0 Å². The lowest BCUT2D eigenvalue weighted by molar-refractivity contribution is 0.102. The fourth-order valence-corrected chi connectivity index (χ4v) is 2.63. The summed E-state index contributed by atoms with van der Waals surface area (Å²) in [6.45, 7) is 4.43. The fourth-order valence-electron chi connectivity index (χ4n) is 2.40. The minimum Gasteiger partial charge on any atom is -0.494 e. The predicted octanol–water partition coefficient (Wildman–Crippen LogP) is 4.83. The zero-order valence-corrected chi connectivity index (χ0v) is 15.7. The number of aryl methyl sites for hydroxylation is 1. The summed E-state index contributed by atoms with van der Waals surface area (Å²) in [6, 6.07) is 12.8. The van der Waals surface area contributed by atoms with Gasteiger partial charge in [-0.25, -0.2) is 9.97 Å². The first-order chi connectivity index (χ1) is 13.0. The highest BCUT2D eigenvalue weighted by Gasteiger charge is 2.09. The van der Waals surface area contributed by atoms with Gasteiger partial charge in [0.1, 0.15) is 5.75 Å². The van der Waals surface area contributed by atoms with E-state index in [-0.39, 0.29) is 5.91 Å². The number of amides is 1. The second-order valence-electron chi connectivity index (χ2n) is 5.79. The van der Waals surface area contributed by atoms with Crippen molar-refractivity contribution >= 4 is 34.8 Å². The molecule has 0 radical (unpaired) electrons. The topological polar surface area (TPSA) is 76.1 Å². The first-order valence-electron chi connectivity index (χ1n) is 8.44. The van der Waals surface area contributed by atoms with Gasteiger partial charge in [-0.15, -0.1) is 0 Å². The van der Waals surface area contributed by atoms with E-state index in [1.807, 2.05) is 38.1 Å². The van der Waals surface area contributed by atoms with Gasteiger partial charge in [0.25, 0.3) is 5.91 Å². The van der Waals surface area contributed by atoms with Gasteiger partial charge in [0, 0.05) is 28.8 Å². The molecule has 27 heavy (non-hydrogen) atoms. The van der Waals surface area contributed by atoms with Gasteiger partial charge in [0.2, 0.25) is 5.95 Å². The molecule has 0 aliphatic rings. The number of anilines is 3. The van der Waals surface area contributed by atoms with Gasteiger partial charge in [-0.05, 0) is 61.9 Å². The summed E-state index contributed by atoms with van der Waals surface area (Å²) < 4.78 is 5.41. The molecule has 1 amide bonds. The Morgan fingerprint density at radius 3 is 2.44 bits per heavy atom. The lowest BCUT2D eigenvalue weighted by Gasteiger charge is -2.09. The van der Waals surface area contributed by atoms with Crippen molar-refractivity contribution in [1.29, 1.82) is 0 Å². The zero-order valence-electron chi connectivity index (χ0n) is 15.0. The zero-order chi connectivity index (χ0) is 19.2. The Labute approximate surface area is 162 Å². The van der Waals surface area contributed by atoms with Gasteiger partial charge >= 0.3 is 0 Å². The molecule has 0 spiro atoms. The molecule has 6 nitrogen and oxygen atoms in total. The quantitative estimate of drug-likeness (QED) is 0.638. The van der Waals surface area contributed by atoms with Gasteiger partial charge in [0.05, 0.1) is 12.2 Å². The summed E-state index contributed by atoms with van der Waals surface area (Å²) in [5.41, 5.74) is 2.76. The number of benzene rings is 2. The second-order valence-corrected chi connectivity index (χ2v) is 6.23. The number of halogens is 1. The molecule has 0 atom stereocenters. The Bertz CT molecular complexity index is 928. The van der Waals surface area contributed by atoms with E-state index in [4.69, 9.17) is 16.3 Å². The first kappa shape index (κ1) is 18.7. The number of carbonyl (C=O) groups is 1. The number of hydrogen-bond acceptors (Lipinski definition) is 5. The Kier molecular flexibility index (Phi) is 5.88. The highest BCUT2D eigenvalue weighted by molar-refractivity contribution is 6.30. The van der Waals surface area contributed by atoms with Gasteiger partial charge in [-0.1, -0.05) is 11.6 Å². The SMILES string of the molecule is CCOc1ccc(Nc2ncc(C(=O)Nc3ccc(Cl)cc3C)cn2)cc1. The molecule has 2 N–H and O–H groups in total. The average molecular weight is 383 g/mol. The van der Waals surface area contributed by atoms with Crippen LogP contribution in [0.1, 0.15) is 22.8 Å². The van der Waals surface area contributed by atoms with Crippen molar-refractivity contribution in [2.24, 2.45) is 0 Å². The number of ether oxygens (including phenoxy) is 1. The number of aromatic nitrogens is 2. The van der Waals surface area contributed by atoms with Crippen LogP contribution in [0.5, 0.6) is 5.75 Å². The summed E-state index contributed by atoms with van der Waals surface area (Å²) in [4.78, 5) is 20.8. The van der Waals surface area contributed by atoms with Crippen LogP contribution in [-0.4, -0.2) is 22.5 Å². The van der Waals surface area contributed by atoms with Crippen LogP contribution in [0.25, 0.3) is 0 Å². The molecular weight excluding hydrogens is 364 g/mol. The molecular formula is C20H19ClN4O2. The number of nitrogens with one attached hydrogen (secondary N) is 2. The van der Waals surface area contributed by atoms with E-state index in [0.29, 0.717) is 28.8 Å². The van der Waals surface area contributed by atoms with E-state index >= 15 is 0 Å². The molecule has 3 aromatic rings. The molecule has 1 heterocycles. The fraction of sp³-hybridized carbons (Fsp3) is 0.150. The van der Waals surface area contributed by atoms with E-state index in [0.717, 1.165) is 17.0 Å². The smallest absolute Gasteiger partial charge is 0.258 e. The summed E-state index contributed by atoms with van der Waals surface area (Å²) >= 11 is 5.93. The van der Waals surface area contributed by atoms with Crippen LogP contribution in [-0.2, 0) is 0 Å². The predicted molar refractivity (Wildman–Crippen MR) is 107 cm³/mol. The van der Waals surface area contributed by atoms with Crippen molar-refractivity contribution in [3.63, 3.8) is 0 Å².